The van der Waals surface area contributed by atoms with Gasteiger partial charge in [0.05, 0.1) is 6.54 Å². The molecule has 6 heteroatoms. The Hall–Kier alpha value is -1.17. The van der Waals surface area contributed by atoms with Crippen LogP contribution in [-0.4, -0.2) is 19.9 Å². The molecule has 0 radical (unpaired) electrons. The minimum absolute atomic E-state index is 0.577. The van der Waals surface area contributed by atoms with Crippen molar-refractivity contribution in [2.24, 2.45) is 0 Å². The van der Waals surface area contributed by atoms with E-state index in [4.69, 9.17) is 4.52 Å². The molecule has 0 fully saturated rings. The van der Waals surface area contributed by atoms with Crippen LogP contribution in [0.5, 0.6) is 0 Å². The highest BCUT2D eigenvalue weighted by molar-refractivity contribution is 9.10. The predicted molar refractivity (Wildman–Crippen MR) is 48.1 cm³/mol. The van der Waals surface area contributed by atoms with Crippen LogP contribution in [0.15, 0.2) is 21.7 Å². The SMILES string of the molecule is Cc1cc(Cn2cnc(Br)n2)no1. The first-order valence-corrected chi connectivity index (χ1v) is 4.50. The van der Waals surface area contributed by atoms with Gasteiger partial charge in [0.25, 0.3) is 0 Å². The summed E-state index contributed by atoms with van der Waals surface area (Å²) in [5, 5.41) is 7.90. The fourth-order valence-corrected chi connectivity index (χ4v) is 1.30. The normalized spacial score (nSPS) is 10.6. The molecular formula is C7H7BrN4O. The first-order chi connectivity index (χ1) is 6.24. The Bertz CT molecular complexity index is 370. The van der Waals surface area contributed by atoms with Crippen molar-refractivity contribution in [1.29, 1.82) is 0 Å². The fraction of sp³-hybridized carbons (Fsp3) is 0.286. The molecule has 0 bridgehead atoms. The van der Waals surface area contributed by atoms with Crippen molar-refractivity contribution in [2.45, 2.75) is 13.5 Å². The molecular weight excluding hydrogens is 236 g/mol. The van der Waals surface area contributed by atoms with Crippen molar-refractivity contribution >= 4 is 15.9 Å². The molecule has 68 valence electrons. The van der Waals surface area contributed by atoms with E-state index in [0.717, 1.165) is 11.5 Å². The number of aromatic nitrogens is 4. The van der Waals surface area contributed by atoms with Gasteiger partial charge in [0.2, 0.25) is 4.73 Å². The number of hydrogen-bond acceptors (Lipinski definition) is 4. The van der Waals surface area contributed by atoms with E-state index >= 15 is 0 Å². The second kappa shape index (κ2) is 3.29. The number of nitrogens with zero attached hydrogens (tertiary/aromatic N) is 4. The molecule has 2 aromatic rings. The molecule has 0 amide bonds. The van der Waals surface area contributed by atoms with E-state index < -0.39 is 0 Å². The summed E-state index contributed by atoms with van der Waals surface area (Å²) in [6, 6.07) is 1.87. The Morgan fingerprint density at radius 1 is 1.62 bits per heavy atom. The molecule has 0 saturated heterocycles. The van der Waals surface area contributed by atoms with Crippen molar-refractivity contribution < 1.29 is 4.52 Å². The smallest absolute Gasteiger partial charge is 0.217 e. The zero-order valence-corrected chi connectivity index (χ0v) is 8.52. The van der Waals surface area contributed by atoms with Crippen LogP contribution in [0.25, 0.3) is 0 Å². The molecule has 0 saturated carbocycles. The number of aryl methyl sites for hydroxylation is 1. The Labute approximate surface area is 82.9 Å². The Balaban J connectivity index is 2.14. The number of halogens is 1. The second-order valence-corrected chi connectivity index (χ2v) is 3.35. The molecule has 0 aromatic carbocycles. The molecule has 2 heterocycles. The van der Waals surface area contributed by atoms with Gasteiger partial charge in [-0.1, -0.05) is 5.16 Å². The van der Waals surface area contributed by atoms with E-state index in [2.05, 4.69) is 31.2 Å². The largest absolute Gasteiger partial charge is 0.361 e. The van der Waals surface area contributed by atoms with Crippen LogP contribution in [0.2, 0.25) is 0 Å². The first-order valence-electron chi connectivity index (χ1n) is 3.71. The van der Waals surface area contributed by atoms with Gasteiger partial charge < -0.3 is 4.52 Å². The monoisotopic (exact) mass is 242 g/mol. The van der Waals surface area contributed by atoms with Gasteiger partial charge >= 0.3 is 0 Å². The average Bonchev–Trinajstić information content (AvgIpc) is 2.62. The highest BCUT2D eigenvalue weighted by Crippen LogP contribution is 2.04. The third kappa shape index (κ3) is 1.95. The summed E-state index contributed by atoms with van der Waals surface area (Å²) in [6.07, 6.45) is 1.63. The van der Waals surface area contributed by atoms with Gasteiger partial charge in [0.15, 0.2) is 0 Å². The van der Waals surface area contributed by atoms with Gasteiger partial charge in [-0.15, -0.1) is 5.10 Å². The summed E-state index contributed by atoms with van der Waals surface area (Å²) < 4.78 is 7.18. The fourth-order valence-electron chi connectivity index (χ4n) is 1.01. The summed E-state index contributed by atoms with van der Waals surface area (Å²) >= 11 is 3.16. The lowest BCUT2D eigenvalue weighted by Gasteiger charge is -1.92. The van der Waals surface area contributed by atoms with Crippen LogP contribution in [0, 0.1) is 6.92 Å². The molecule has 2 aromatic heterocycles. The van der Waals surface area contributed by atoms with Crippen LogP contribution in [0.3, 0.4) is 0 Å². The summed E-state index contributed by atoms with van der Waals surface area (Å²) in [6.45, 7) is 2.43. The van der Waals surface area contributed by atoms with Crippen molar-refractivity contribution in [3.05, 3.63) is 28.6 Å². The predicted octanol–water partition coefficient (Wildman–Crippen LogP) is 1.39. The summed E-state index contributed by atoms with van der Waals surface area (Å²) in [5.41, 5.74) is 0.843. The highest BCUT2D eigenvalue weighted by atomic mass is 79.9. The van der Waals surface area contributed by atoms with Crippen molar-refractivity contribution in [3.63, 3.8) is 0 Å². The zero-order chi connectivity index (χ0) is 9.26. The van der Waals surface area contributed by atoms with Gasteiger partial charge in [-0.25, -0.2) is 9.67 Å². The third-order valence-corrected chi connectivity index (χ3v) is 1.87. The van der Waals surface area contributed by atoms with Crippen molar-refractivity contribution in [3.8, 4) is 0 Å². The van der Waals surface area contributed by atoms with E-state index in [1.54, 1.807) is 11.0 Å². The van der Waals surface area contributed by atoms with E-state index in [-0.39, 0.29) is 0 Å². The molecule has 0 aliphatic carbocycles. The van der Waals surface area contributed by atoms with Crippen LogP contribution in [0.4, 0.5) is 0 Å². The van der Waals surface area contributed by atoms with Gasteiger partial charge in [0, 0.05) is 6.07 Å². The number of hydrogen-bond donors (Lipinski definition) is 0. The van der Waals surface area contributed by atoms with Crippen LogP contribution in [0.1, 0.15) is 11.5 Å². The van der Waals surface area contributed by atoms with Gasteiger partial charge in [-0.3, -0.25) is 0 Å². The van der Waals surface area contributed by atoms with E-state index in [0.29, 0.717) is 11.3 Å². The standard InChI is InChI=1S/C7H7BrN4O/c1-5-2-6(11-13-5)3-12-4-9-7(8)10-12/h2,4H,3H2,1H3. The lowest BCUT2D eigenvalue weighted by Crippen LogP contribution is -1.99. The molecule has 2 rings (SSSR count). The Kier molecular flexibility index (Phi) is 2.13. The third-order valence-electron chi connectivity index (χ3n) is 1.51. The maximum atomic E-state index is 4.92. The molecule has 0 unspecified atom stereocenters. The molecule has 5 nitrogen and oxygen atoms in total. The molecule has 0 N–H and O–H groups in total. The minimum Gasteiger partial charge on any atom is -0.361 e. The summed E-state index contributed by atoms with van der Waals surface area (Å²) in [7, 11) is 0. The van der Waals surface area contributed by atoms with Crippen LogP contribution in [-0.2, 0) is 6.54 Å². The Morgan fingerprint density at radius 2 is 2.46 bits per heavy atom. The lowest BCUT2D eigenvalue weighted by atomic mass is 10.4. The first kappa shape index (κ1) is 8.43. The van der Waals surface area contributed by atoms with Gasteiger partial charge in [0.1, 0.15) is 17.8 Å². The number of rotatable bonds is 2. The maximum Gasteiger partial charge on any atom is 0.217 e. The maximum absolute atomic E-state index is 4.92. The highest BCUT2D eigenvalue weighted by Gasteiger charge is 2.02. The van der Waals surface area contributed by atoms with Gasteiger partial charge in [-0.2, -0.15) is 0 Å². The topological polar surface area (TPSA) is 56.7 Å². The molecule has 0 atom stereocenters. The summed E-state index contributed by atoms with van der Waals surface area (Å²) in [5.74, 6) is 0.800. The molecule has 0 spiro atoms. The van der Waals surface area contributed by atoms with Gasteiger partial charge in [-0.05, 0) is 22.9 Å². The summed E-state index contributed by atoms with van der Waals surface area (Å²) in [4.78, 5) is 3.93. The van der Waals surface area contributed by atoms with Crippen LogP contribution < -0.4 is 0 Å². The average molecular weight is 243 g/mol. The van der Waals surface area contributed by atoms with E-state index in [9.17, 15) is 0 Å². The quantitative estimate of drug-likeness (QED) is 0.799. The van der Waals surface area contributed by atoms with E-state index in [1.807, 2.05) is 13.0 Å². The van der Waals surface area contributed by atoms with Crippen molar-refractivity contribution in [1.82, 2.24) is 19.9 Å². The molecule has 0 aliphatic rings. The van der Waals surface area contributed by atoms with E-state index in [1.165, 1.54) is 0 Å². The van der Waals surface area contributed by atoms with Crippen LogP contribution >= 0.6 is 15.9 Å². The Morgan fingerprint density at radius 3 is 3.00 bits per heavy atom. The van der Waals surface area contributed by atoms with Crippen molar-refractivity contribution in [2.75, 3.05) is 0 Å². The molecule has 13 heavy (non-hydrogen) atoms. The minimum atomic E-state index is 0.577. The second-order valence-electron chi connectivity index (χ2n) is 2.64. The zero-order valence-electron chi connectivity index (χ0n) is 6.94. The lowest BCUT2D eigenvalue weighted by molar-refractivity contribution is 0.387. The molecule has 0 aliphatic heterocycles.